The van der Waals surface area contributed by atoms with Gasteiger partial charge < -0.3 is 20.7 Å². The fourth-order valence-corrected chi connectivity index (χ4v) is 3.96. The number of benzene rings is 2. The zero-order chi connectivity index (χ0) is 21.0. The van der Waals surface area contributed by atoms with Crippen molar-refractivity contribution in [1.82, 2.24) is 20.2 Å². The van der Waals surface area contributed by atoms with Crippen molar-refractivity contribution >= 4 is 28.4 Å². The lowest BCUT2D eigenvalue weighted by Gasteiger charge is -2.12. The third-order valence-electron chi connectivity index (χ3n) is 5.65. The van der Waals surface area contributed by atoms with E-state index in [-0.39, 0.29) is 0 Å². The van der Waals surface area contributed by atoms with E-state index in [0.717, 1.165) is 42.0 Å². The van der Waals surface area contributed by atoms with Crippen LogP contribution in [0.2, 0.25) is 0 Å². The van der Waals surface area contributed by atoms with Gasteiger partial charge in [0.2, 0.25) is 5.95 Å². The Morgan fingerprint density at radius 1 is 1.13 bits per heavy atom. The normalized spacial score (nSPS) is 14.8. The maximum absolute atomic E-state index is 5.37. The molecule has 0 fully saturated rings. The molecule has 2 aromatic carbocycles. The number of aromatic amines is 1. The van der Waals surface area contributed by atoms with Gasteiger partial charge in [-0.2, -0.15) is 10.1 Å². The van der Waals surface area contributed by atoms with Crippen LogP contribution in [0.15, 0.2) is 54.9 Å². The standard InChI is InChI=1S/C23H25N7O/c1-31-18-3-5-21-19(11-18)16(13-26-21)6-8-24-23-25-9-7-22(29-23)27-12-15-2-4-20-17(10-15)14-28-30-20/h2-5,7,9-11,14,16,26H,6,8,12-13H2,1H3,(H,28,30)(H2,24,25,27,29). The van der Waals surface area contributed by atoms with Gasteiger partial charge in [0.05, 0.1) is 18.8 Å². The molecule has 1 unspecified atom stereocenters. The number of fused-ring (bicyclic) bond motifs is 2. The van der Waals surface area contributed by atoms with Crippen molar-refractivity contribution in [3.8, 4) is 5.75 Å². The minimum Gasteiger partial charge on any atom is -0.497 e. The summed E-state index contributed by atoms with van der Waals surface area (Å²) >= 11 is 0. The van der Waals surface area contributed by atoms with Crippen LogP contribution in [0, 0.1) is 0 Å². The SMILES string of the molecule is COc1ccc2c(c1)C(CCNc1nccc(NCc3ccc4[nH]ncc4c3)n1)CN2. The average Bonchev–Trinajstić information content (AvgIpc) is 3.44. The molecule has 5 rings (SSSR count). The third kappa shape index (κ3) is 4.23. The summed E-state index contributed by atoms with van der Waals surface area (Å²) in [6, 6.07) is 14.3. The van der Waals surface area contributed by atoms with Gasteiger partial charge in [-0.25, -0.2) is 4.98 Å². The second-order valence-electron chi connectivity index (χ2n) is 7.66. The van der Waals surface area contributed by atoms with Gasteiger partial charge in [0.25, 0.3) is 0 Å². The topological polar surface area (TPSA) is 99.8 Å². The van der Waals surface area contributed by atoms with E-state index in [1.54, 1.807) is 13.3 Å². The molecule has 1 atom stereocenters. The van der Waals surface area contributed by atoms with Gasteiger partial charge in [0.1, 0.15) is 11.6 Å². The summed E-state index contributed by atoms with van der Waals surface area (Å²) in [6.45, 7) is 2.42. The number of hydrogen-bond donors (Lipinski definition) is 4. The highest BCUT2D eigenvalue weighted by molar-refractivity contribution is 5.78. The molecule has 0 saturated heterocycles. The van der Waals surface area contributed by atoms with Gasteiger partial charge in [-0.15, -0.1) is 0 Å². The predicted octanol–water partition coefficient (Wildman–Crippen LogP) is 3.98. The van der Waals surface area contributed by atoms with E-state index in [1.165, 1.54) is 16.8 Å². The first kappa shape index (κ1) is 19.2. The molecular formula is C23H25N7O. The molecule has 1 aliphatic rings. The summed E-state index contributed by atoms with van der Waals surface area (Å²) in [5.74, 6) is 2.76. The molecule has 3 heterocycles. The average molecular weight is 416 g/mol. The molecule has 0 amide bonds. The molecule has 2 aromatic heterocycles. The Morgan fingerprint density at radius 3 is 3.03 bits per heavy atom. The lowest BCUT2D eigenvalue weighted by molar-refractivity contribution is 0.414. The molecule has 0 radical (unpaired) electrons. The van der Waals surface area contributed by atoms with E-state index in [2.05, 4.69) is 60.4 Å². The van der Waals surface area contributed by atoms with Crippen LogP contribution >= 0.6 is 0 Å². The third-order valence-corrected chi connectivity index (χ3v) is 5.65. The van der Waals surface area contributed by atoms with E-state index >= 15 is 0 Å². The van der Waals surface area contributed by atoms with Crippen LogP contribution in [0.3, 0.4) is 0 Å². The van der Waals surface area contributed by atoms with Crippen molar-refractivity contribution in [2.24, 2.45) is 0 Å². The van der Waals surface area contributed by atoms with Gasteiger partial charge in [-0.3, -0.25) is 5.10 Å². The first-order chi connectivity index (χ1) is 15.3. The van der Waals surface area contributed by atoms with E-state index in [1.807, 2.05) is 24.4 Å². The molecule has 1 aliphatic heterocycles. The molecular weight excluding hydrogens is 390 g/mol. The van der Waals surface area contributed by atoms with Crippen LogP contribution in [0.1, 0.15) is 23.5 Å². The second-order valence-corrected chi connectivity index (χ2v) is 7.66. The highest BCUT2D eigenvalue weighted by Crippen LogP contribution is 2.36. The summed E-state index contributed by atoms with van der Waals surface area (Å²) in [5.41, 5.74) is 4.72. The number of anilines is 3. The number of nitrogens with one attached hydrogen (secondary N) is 4. The van der Waals surface area contributed by atoms with Crippen LogP contribution in [0.4, 0.5) is 17.5 Å². The van der Waals surface area contributed by atoms with E-state index < -0.39 is 0 Å². The van der Waals surface area contributed by atoms with Gasteiger partial charge >= 0.3 is 0 Å². The van der Waals surface area contributed by atoms with Gasteiger partial charge in [0, 0.05) is 42.8 Å². The van der Waals surface area contributed by atoms with Crippen molar-refractivity contribution in [1.29, 1.82) is 0 Å². The Hall–Kier alpha value is -3.81. The van der Waals surface area contributed by atoms with Crippen molar-refractivity contribution in [2.75, 3.05) is 36.1 Å². The van der Waals surface area contributed by atoms with E-state index in [0.29, 0.717) is 18.4 Å². The number of ether oxygens (including phenoxy) is 1. The monoisotopic (exact) mass is 415 g/mol. The lowest BCUT2D eigenvalue weighted by atomic mass is 9.98. The molecule has 8 heteroatoms. The summed E-state index contributed by atoms with van der Waals surface area (Å²) in [5, 5.41) is 18.3. The zero-order valence-corrected chi connectivity index (χ0v) is 17.4. The number of H-pyrrole nitrogens is 1. The first-order valence-electron chi connectivity index (χ1n) is 10.4. The number of methoxy groups -OCH3 is 1. The highest BCUT2D eigenvalue weighted by Gasteiger charge is 2.22. The second kappa shape index (κ2) is 8.51. The van der Waals surface area contributed by atoms with Crippen molar-refractivity contribution in [2.45, 2.75) is 18.9 Å². The number of nitrogens with zero attached hydrogens (tertiary/aromatic N) is 3. The summed E-state index contributed by atoms with van der Waals surface area (Å²) in [7, 11) is 1.70. The molecule has 4 aromatic rings. The van der Waals surface area contributed by atoms with Gasteiger partial charge in [-0.05, 0) is 53.9 Å². The van der Waals surface area contributed by atoms with E-state index in [4.69, 9.17) is 4.74 Å². The molecule has 4 N–H and O–H groups in total. The minimum atomic E-state index is 0.441. The van der Waals surface area contributed by atoms with Crippen LogP contribution < -0.4 is 20.7 Å². The molecule has 8 nitrogen and oxygen atoms in total. The fraction of sp³-hybridized carbons (Fsp3) is 0.261. The Morgan fingerprint density at radius 2 is 2.10 bits per heavy atom. The Bertz CT molecular complexity index is 1190. The molecule has 0 aliphatic carbocycles. The van der Waals surface area contributed by atoms with Crippen LogP contribution in [-0.2, 0) is 6.54 Å². The number of aromatic nitrogens is 4. The molecule has 0 bridgehead atoms. The minimum absolute atomic E-state index is 0.441. The summed E-state index contributed by atoms with van der Waals surface area (Å²) in [6.07, 6.45) is 4.59. The van der Waals surface area contributed by atoms with Gasteiger partial charge in [0.15, 0.2) is 0 Å². The predicted molar refractivity (Wildman–Crippen MR) is 123 cm³/mol. The van der Waals surface area contributed by atoms with Crippen LogP contribution in [-0.4, -0.2) is 40.4 Å². The maximum Gasteiger partial charge on any atom is 0.224 e. The van der Waals surface area contributed by atoms with E-state index in [9.17, 15) is 0 Å². The smallest absolute Gasteiger partial charge is 0.224 e. The Labute approximate surface area is 180 Å². The zero-order valence-electron chi connectivity index (χ0n) is 17.4. The summed E-state index contributed by atoms with van der Waals surface area (Å²) in [4.78, 5) is 8.94. The number of hydrogen-bond acceptors (Lipinski definition) is 7. The Balaban J connectivity index is 1.16. The quantitative estimate of drug-likeness (QED) is 0.345. The van der Waals surface area contributed by atoms with Crippen LogP contribution in [0.25, 0.3) is 10.9 Å². The van der Waals surface area contributed by atoms with Crippen molar-refractivity contribution < 1.29 is 4.74 Å². The van der Waals surface area contributed by atoms with Crippen molar-refractivity contribution in [3.63, 3.8) is 0 Å². The lowest BCUT2D eigenvalue weighted by Crippen LogP contribution is -2.12. The fourth-order valence-electron chi connectivity index (χ4n) is 3.96. The molecule has 0 spiro atoms. The van der Waals surface area contributed by atoms with Crippen molar-refractivity contribution in [3.05, 3.63) is 66.0 Å². The van der Waals surface area contributed by atoms with Gasteiger partial charge in [-0.1, -0.05) is 6.07 Å². The first-order valence-corrected chi connectivity index (χ1v) is 10.4. The number of rotatable bonds is 8. The summed E-state index contributed by atoms with van der Waals surface area (Å²) < 4.78 is 5.37. The van der Waals surface area contributed by atoms with Crippen LogP contribution in [0.5, 0.6) is 5.75 Å². The Kier molecular flexibility index (Phi) is 5.26. The highest BCUT2D eigenvalue weighted by atomic mass is 16.5. The molecule has 158 valence electrons. The largest absolute Gasteiger partial charge is 0.497 e. The maximum atomic E-state index is 5.37. The molecule has 0 saturated carbocycles. The molecule has 31 heavy (non-hydrogen) atoms.